The molecule has 1 aromatic rings. The minimum absolute atomic E-state index is 0.183. The van der Waals surface area contributed by atoms with E-state index in [2.05, 4.69) is 15.6 Å². The van der Waals surface area contributed by atoms with Crippen LogP contribution >= 0.6 is 0 Å². The van der Waals surface area contributed by atoms with Crippen molar-refractivity contribution in [3.8, 4) is 0 Å². The van der Waals surface area contributed by atoms with Crippen LogP contribution in [0.2, 0.25) is 0 Å². The van der Waals surface area contributed by atoms with Crippen LogP contribution in [-0.4, -0.2) is 41.5 Å². The lowest BCUT2D eigenvalue weighted by Crippen LogP contribution is -2.34. The third-order valence-electron chi connectivity index (χ3n) is 2.83. The smallest absolute Gasteiger partial charge is 0.412 e. The van der Waals surface area contributed by atoms with E-state index in [-0.39, 0.29) is 5.70 Å². The molecule has 0 spiro atoms. The van der Waals surface area contributed by atoms with Gasteiger partial charge in [-0.25, -0.2) is 14.4 Å². The molecule has 0 aliphatic carbocycles. The van der Waals surface area contributed by atoms with E-state index in [4.69, 9.17) is 14.2 Å². The number of hydrogen-bond acceptors (Lipinski definition) is 7. The first-order valence-corrected chi connectivity index (χ1v) is 8.55. The van der Waals surface area contributed by atoms with Gasteiger partial charge in [-0.2, -0.15) is 0 Å². The fourth-order valence-corrected chi connectivity index (χ4v) is 1.87. The number of nitrogens with zero attached hydrogens (tertiary/aromatic N) is 1. The highest BCUT2D eigenvalue weighted by molar-refractivity contribution is 5.98. The second-order valence-electron chi connectivity index (χ2n) is 7.77. The Morgan fingerprint density at radius 2 is 1.57 bits per heavy atom. The maximum Gasteiger partial charge on any atom is 0.412 e. The number of nitrogens with one attached hydrogen (secondary N) is 2. The first kappa shape index (κ1) is 22.9. The molecular weight excluding hydrogens is 366 g/mol. The number of pyridine rings is 1. The van der Waals surface area contributed by atoms with E-state index < -0.39 is 29.4 Å². The molecule has 0 saturated heterocycles. The van der Waals surface area contributed by atoms with Gasteiger partial charge in [-0.15, -0.1) is 0 Å². The minimum atomic E-state index is -0.824. The number of rotatable bonds is 4. The Kier molecular flexibility index (Phi) is 7.54. The van der Waals surface area contributed by atoms with E-state index in [1.54, 1.807) is 41.5 Å². The van der Waals surface area contributed by atoms with Crippen molar-refractivity contribution in [2.75, 3.05) is 12.4 Å². The third kappa shape index (κ3) is 8.52. The molecule has 0 fully saturated rings. The van der Waals surface area contributed by atoms with Gasteiger partial charge in [0.25, 0.3) is 0 Å². The van der Waals surface area contributed by atoms with Crippen LogP contribution in [0.15, 0.2) is 24.2 Å². The monoisotopic (exact) mass is 393 g/mol. The number of amides is 2. The molecule has 0 saturated carbocycles. The first-order chi connectivity index (χ1) is 12.8. The molecular formula is C19H27N3O6. The molecule has 28 heavy (non-hydrogen) atoms. The van der Waals surface area contributed by atoms with Crippen molar-refractivity contribution in [1.29, 1.82) is 0 Å². The molecule has 0 aromatic carbocycles. The van der Waals surface area contributed by atoms with Gasteiger partial charge >= 0.3 is 18.2 Å². The predicted molar refractivity (Wildman–Crippen MR) is 103 cm³/mol. The average Bonchev–Trinajstić information content (AvgIpc) is 2.51. The maximum absolute atomic E-state index is 12.0. The van der Waals surface area contributed by atoms with Gasteiger partial charge in [-0.1, -0.05) is 0 Å². The van der Waals surface area contributed by atoms with Crippen LogP contribution in [0.25, 0.3) is 6.08 Å². The zero-order valence-corrected chi connectivity index (χ0v) is 17.2. The zero-order valence-electron chi connectivity index (χ0n) is 17.2. The fraction of sp³-hybridized carbons (Fsp3) is 0.474. The number of esters is 1. The van der Waals surface area contributed by atoms with Gasteiger partial charge in [-0.3, -0.25) is 15.6 Å². The predicted octanol–water partition coefficient (Wildman–Crippen LogP) is 3.47. The second kappa shape index (κ2) is 9.20. The van der Waals surface area contributed by atoms with Gasteiger partial charge in [0.05, 0.1) is 12.8 Å². The summed E-state index contributed by atoms with van der Waals surface area (Å²) in [6.07, 6.45) is 2.69. The Morgan fingerprint density at radius 1 is 1.00 bits per heavy atom. The lowest BCUT2D eigenvalue weighted by atomic mass is 10.2. The Labute approximate surface area is 164 Å². The van der Waals surface area contributed by atoms with Crippen LogP contribution < -0.4 is 10.6 Å². The van der Waals surface area contributed by atoms with Crippen LogP contribution in [0.4, 0.5) is 15.3 Å². The summed E-state index contributed by atoms with van der Waals surface area (Å²) in [5.41, 5.74) is -0.926. The normalized spacial score (nSPS) is 12.0. The van der Waals surface area contributed by atoms with Crippen molar-refractivity contribution in [2.45, 2.75) is 52.7 Å². The molecule has 2 amide bonds. The van der Waals surface area contributed by atoms with E-state index in [0.29, 0.717) is 11.3 Å². The Balaban J connectivity index is 3.13. The Bertz CT molecular complexity index is 760. The number of hydrogen-bond donors (Lipinski definition) is 2. The highest BCUT2D eigenvalue weighted by Gasteiger charge is 2.21. The zero-order chi connectivity index (χ0) is 21.5. The number of aromatic nitrogens is 1. The first-order valence-electron chi connectivity index (χ1n) is 8.55. The van der Waals surface area contributed by atoms with Gasteiger partial charge in [0.15, 0.2) is 0 Å². The van der Waals surface area contributed by atoms with Crippen LogP contribution in [0, 0.1) is 0 Å². The number of carbonyl (C=O) groups excluding carboxylic acids is 3. The summed E-state index contributed by atoms with van der Waals surface area (Å²) >= 11 is 0. The highest BCUT2D eigenvalue weighted by atomic mass is 16.6. The van der Waals surface area contributed by atoms with Gasteiger partial charge in [-0.05, 0) is 53.7 Å². The van der Waals surface area contributed by atoms with E-state index in [1.165, 1.54) is 31.6 Å². The molecule has 9 nitrogen and oxygen atoms in total. The summed E-state index contributed by atoms with van der Waals surface area (Å²) < 4.78 is 15.1. The molecule has 2 N–H and O–H groups in total. The molecule has 1 aromatic heterocycles. The highest BCUT2D eigenvalue weighted by Crippen LogP contribution is 2.19. The lowest BCUT2D eigenvalue weighted by Gasteiger charge is -2.21. The van der Waals surface area contributed by atoms with Crippen LogP contribution in [0.5, 0.6) is 0 Å². The maximum atomic E-state index is 12.0. The van der Waals surface area contributed by atoms with Gasteiger partial charge < -0.3 is 14.2 Å². The minimum Gasteiger partial charge on any atom is -0.464 e. The van der Waals surface area contributed by atoms with Crippen molar-refractivity contribution in [3.63, 3.8) is 0 Å². The molecule has 9 heteroatoms. The van der Waals surface area contributed by atoms with Crippen molar-refractivity contribution >= 4 is 29.9 Å². The SMILES string of the molecule is COC(=O)/C(=C\c1cnccc1NC(=O)OC(C)(C)C)NC(=O)OC(C)(C)C. The fourth-order valence-electron chi connectivity index (χ4n) is 1.87. The number of alkyl carbamates (subject to hydrolysis) is 1. The third-order valence-corrected chi connectivity index (χ3v) is 2.83. The second-order valence-corrected chi connectivity index (χ2v) is 7.77. The van der Waals surface area contributed by atoms with Crippen molar-refractivity contribution in [1.82, 2.24) is 10.3 Å². The summed E-state index contributed by atoms with van der Waals surface area (Å²) in [6.45, 7) is 10.3. The van der Waals surface area contributed by atoms with Crippen LogP contribution in [-0.2, 0) is 19.0 Å². The molecule has 1 rings (SSSR count). The largest absolute Gasteiger partial charge is 0.464 e. The molecule has 0 bridgehead atoms. The van der Waals surface area contributed by atoms with E-state index >= 15 is 0 Å². The van der Waals surface area contributed by atoms with Gasteiger partial charge in [0, 0.05) is 18.0 Å². The Hall–Kier alpha value is -3.10. The summed E-state index contributed by atoms with van der Waals surface area (Å²) in [6, 6.07) is 1.53. The van der Waals surface area contributed by atoms with Crippen LogP contribution in [0.1, 0.15) is 47.1 Å². The summed E-state index contributed by atoms with van der Waals surface area (Å²) in [7, 11) is 1.18. The molecule has 1 heterocycles. The van der Waals surface area contributed by atoms with Crippen LogP contribution in [0.3, 0.4) is 0 Å². The molecule has 0 unspecified atom stereocenters. The molecule has 154 valence electrons. The van der Waals surface area contributed by atoms with Crippen molar-refractivity contribution < 1.29 is 28.6 Å². The summed E-state index contributed by atoms with van der Waals surface area (Å²) in [5.74, 6) is -0.794. The molecule has 0 radical (unpaired) electrons. The number of carbonyl (C=O) groups is 3. The van der Waals surface area contributed by atoms with Gasteiger partial charge in [0.1, 0.15) is 16.9 Å². The molecule has 0 atom stereocenters. The van der Waals surface area contributed by atoms with Crippen molar-refractivity contribution in [3.05, 3.63) is 29.7 Å². The molecule has 0 aliphatic rings. The lowest BCUT2D eigenvalue weighted by molar-refractivity contribution is -0.136. The number of anilines is 1. The number of methoxy groups -OCH3 is 1. The Morgan fingerprint density at radius 3 is 2.11 bits per heavy atom. The quantitative estimate of drug-likeness (QED) is 0.457. The number of ether oxygens (including phenoxy) is 3. The van der Waals surface area contributed by atoms with Gasteiger partial charge in [0.2, 0.25) is 0 Å². The average molecular weight is 393 g/mol. The molecule has 0 aliphatic heterocycles. The van der Waals surface area contributed by atoms with E-state index in [1.807, 2.05) is 0 Å². The summed E-state index contributed by atoms with van der Waals surface area (Å²) in [5, 5.41) is 4.92. The summed E-state index contributed by atoms with van der Waals surface area (Å²) in [4.78, 5) is 40.1. The van der Waals surface area contributed by atoms with Crippen molar-refractivity contribution in [2.24, 2.45) is 0 Å². The standard InChI is InChI=1S/C19H27N3O6/c1-18(2,3)27-16(24)21-13-8-9-20-11-12(13)10-14(15(23)26-7)22-17(25)28-19(4,5)6/h8-11H,1-7H3,(H,22,25)(H,20,21,24)/b14-10+. The topological polar surface area (TPSA) is 116 Å². The van der Waals surface area contributed by atoms with E-state index in [9.17, 15) is 14.4 Å². The van der Waals surface area contributed by atoms with E-state index in [0.717, 1.165) is 0 Å².